The van der Waals surface area contributed by atoms with E-state index in [4.69, 9.17) is 0 Å². The molecule has 0 bridgehead atoms. The number of hydrogen-bond donors (Lipinski definition) is 0. The molecule has 0 amide bonds. The van der Waals surface area contributed by atoms with E-state index >= 15 is 0 Å². The second-order valence-corrected chi connectivity index (χ2v) is 7.52. The minimum atomic E-state index is -4.34. The van der Waals surface area contributed by atoms with Gasteiger partial charge in [-0.15, -0.1) is 0 Å². The van der Waals surface area contributed by atoms with Gasteiger partial charge in [-0.25, -0.2) is 9.98 Å². The fraction of sp³-hybridized carbons (Fsp3) is 0.304. The Kier molecular flexibility index (Phi) is 5.71. The van der Waals surface area contributed by atoms with Gasteiger partial charge in [0.2, 0.25) is 0 Å². The summed E-state index contributed by atoms with van der Waals surface area (Å²) in [5.74, 6) is 0.459. The summed E-state index contributed by atoms with van der Waals surface area (Å²) < 4.78 is 40.2. The summed E-state index contributed by atoms with van der Waals surface area (Å²) in [6, 6.07) is 9.08. The van der Waals surface area contributed by atoms with Crippen molar-refractivity contribution in [3.63, 3.8) is 0 Å². The van der Waals surface area contributed by atoms with Crippen molar-refractivity contribution in [2.75, 3.05) is 0 Å². The SMILES string of the molecule is CCCn1cnc2c(c1=O)CC(c1ccc(CCc3cccc(C(F)(F)F)c3)nc1)=N2. The summed E-state index contributed by atoms with van der Waals surface area (Å²) in [6.45, 7) is 2.62. The van der Waals surface area contributed by atoms with Crippen LogP contribution in [0.1, 0.15) is 41.3 Å². The Bertz CT molecular complexity index is 1180. The van der Waals surface area contributed by atoms with Crippen molar-refractivity contribution < 1.29 is 13.2 Å². The zero-order valence-corrected chi connectivity index (χ0v) is 17.0. The zero-order valence-electron chi connectivity index (χ0n) is 17.0. The topological polar surface area (TPSA) is 60.1 Å². The second kappa shape index (κ2) is 8.45. The van der Waals surface area contributed by atoms with Crippen LogP contribution in [0.5, 0.6) is 0 Å². The molecule has 4 rings (SSSR count). The largest absolute Gasteiger partial charge is 0.416 e. The number of rotatable bonds is 6. The van der Waals surface area contributed by atoms with Crippen LogP contribution in [0, 0.1) is 0 Å². The highest BCUT2D eigenvalue weighted by Crippen LogP contribution is 2.29. The second-order valence-electron chi connectivity index (χ2n) is 7.52. The maximum absolute atomic E-state index is 12.9. The van der Waals surface area contributed by atoms with E-state index in [9.17, 15) is 18.0 Å². The molecule has 3 heterocycles. The predicted molar refractivity (Wildman–Crippen MR) is 112 cm³/mol. The highest BCUT2D eigenvalue weighted by Gasteiger charge is 2.30. The predicted octanol–water partition coefficient (Wildman–Crippen LogP) is 4.53. The molecule has 2 aromatic heterocycles. The number of pyridine rings is 1. The van der Waals surface area contributed by atoms with E-state index in [1.54, 1.807) is 16.8 Å². The van der Waals surface area contributed by atoms with Crippen LogP contribution in [0.4, 0.5) is 19.0 Å². The van der Waals surface area contributed by atoms with Crippen LogP contribution >= 0.6 is 0 Å². The third kappa shape index (κ3) is 4.57. The van der Waals surface area contributed by atoms with Gasteiger partial charge in [-0.05, 0) is 43.0 Å². The van der Waals surface area contributed by atoms with Crippen molar-refractivity contribution in [3.05, 3.63) is 87.2 Å². The van der Waals surface area contributed by atoms with Gasteiger partial charge in [-0.2, -0.15) is 13.2 Å². The number of aryl methyl sites for hydroxylation is 3. The lowest BCUT2D eigenvalue weighted by molar-refractivity contribution is -0.137. The van der Waals surface area contributed by atoms with E-state index in [1.807, 2.05) is 19.1 Å². The van der Waals surface area contributed by atoms with Gasteiger partial charge in [0.05, 0.1) is 23.2 Å². The normalized spacial score (nSPS) is 13.2. The standard InChI is InChI=1S/C23H21F3N4O/c1-2-10-30-14-28-21-19(22(30)31)12-20(29-21)16-7-9-18(27-13-16)8-6-15-4-3-5-17(11-15)23(24,25)26/h3-5,7,9,11,13-14H,2,6,8,10,12H2,1H3. The molecule has 8 heteroatoms. The molecule has 0 atom stereocenters. The Morgan fingerprint density at radius 2 is 1.94 bits per heavy atom. The molecule has 0 radical (unpaired) electrons. The Hall–Kier alpha value is -3.29. The van der Waals surface area contributed by atoms with Gasteiger partial charge in [0.25, 0.3) is 5.56 Å². The number of alkyl halides is 3. The summed E-state index contributed by atoms with van der Waals surface area (Å²) in [7, 11) is 0. The molecule has 3 aromatic rings. The number of aliphatic imine (C=N–C) groups is 1. The summed E-state index contributed by atoms with van der Waals surface area (Å²) in [5, 5.41) is 0. The van der Waals surface area contributed by atoms with Gasteiger partial charge >= 0.3 is 6.18 Å². The molecule has 0 spiro atoms. The van der Waals surface area contributed by atoms with E-state index < -0.39 is 11.7 Å². The monoisotopic (exact) mass is 426 g/mol. The van der Waals surface area contributed by atoms with Crippen LogP contribution in [0.15, 0.2) is 58.7 Å². The molecular formula is C23H21F3N4O. The van der Waals surface area contributed by atoms with Gasteiger partial charge in [-0.1, -0.05) is 25.1 Å². The zero-order chi connectivity index (χ0) is 22.0. The first-order valence-corrected chi connectivity index (χ1v) is 10.1. The fourth-order valence-electron chi connectivity index (χ4n) is 3.59. The van der Waals surface area contributed by atoms with E-state index in [-0.39, 0.29) is 5.56 Å². The number of aromatic nitrogens is 3. The van der Waals surface area contributed by atoms with Gasteiger partial charge in [0, 0.05) is 30.4 Å². The van der Waals surface area contributed by atoms with E-state index in [0.29, 0.717) is 42.8 Å². The van der Waals surface area contributed by atoms with E-state index in [2.05, 4.69) is 15.0 Å². The van der Waals surface area contributed by atoms with Gasteiger partial charge in [0.15, 0.2) is 5.82 Å². The van der Waals surface area contributed by atoms with Crippen molar-refractivity contribution in [2.45, 2.75) is 45.3 Å². The number of nitrogens with zero attached hydrogens (tertiary/aromatic N) is 4. The van der Waals surface area contributed by atoms with Crippen LogP contribution in [0.2, 0.25) is 0 Å². The Balaban J connectivity index is 1.43. The molecule has 5 nitrogen and oxygen atoms in total. The molecule has 160 valence electrons. The molecule has 31 heavy (non-hydrogen) atoms. The fourth-order valence-corrected chi connectivity index (χ4v) is 3.59. The summed E-state index contributed by atoms with van der Waals surface area (Å²) in [6.07, 6.45) is 1.13. The molecule has 0 saturated carbocycles. The van der Waals surface area contributed by atoms with E-state index in [0.717, 1.165) is 29.5 Å². The molecule has 0 N–H and O–H groups in total. The Morgan fingerprint density at radius 1 is 1.10 bits per heavy atom. The first-order valence-electron chi connectivity index (χ1n) is 10.1. The van der Waals surface area contributed by atoms with Gasteiger partial charge in [-0.3, -0.25) is 14.3 Å². The summed E-state index contributed by atoms with van der Waals surface area (Å²) in [4.78, 5) is 25.8. The minimum Gasteiger partial charge on any atom is -0.299 e. The van der Waals surface area contributed by atoms with Crippen molar-refractivity contribution >= 4 is 11.5 Å². The van der Waals surface area contributed by atoms with Crippen LogP contribution in [0.3, 0.4) is 0 Å². The third-order valence-corrected chi connectivity index (χ3v) is 5.24. The highest BCUT2D eigenvalue weighted by atomic mass is 19.4. The minimum absolute atomic E-state index is 0.0590. The molecule has 0 unspecified atom stereocenters. The van der Waals surface area contributed by atoms with E-state index in [1.165, 1.54) is 18.5 Å². The lowest BCUT2D eigenvalue weighted by atomic mass is 10.0. The lowest BCUT2D eigenvalue weighted by Gasteiger charge is -2.09. The average Bonchev–Trinajstić information content (AvgIpc) is 3.20. The maximum atomic E-state index is 12.9. The third-order valence-electron chi connectivity index (χ3n) is 5.24. The Labute approximate surface area is 177 Å². The number of hydrogen-bond acceptors (Lipinski definition) is 4. The number of halogens is 3. The molecule has 1 aromatic carbocycles. The van der Waals surface area contributed by atoms with Crippen molar-refractivity contribution in [2.24, 2.45) is 4.99 Å². The number of fused-ring (bicyclic) bond motifs is 1. The quantitative estimate of drug-likeness (QED) is 0.582. The molecule has 0 aliphatic carbocycles. The molecule has 0 saturated heterocycles. The van der Waals surface area contributed by atoms with Crippen LogP contribution in [-0.4, -0.2) is 20.2 Å². The molecule has 1 aliphatic heterocycles. The van der Waals surface area contributed by atoms with Crippen LogP contribution in [0.25, 0.3) is 0 Å². The molecule has 1 aliphatic rings. The summed E-state index contributed by atoms with van der Waals surface area (Å²) in [5.41, 5.74) is 2.84. The molecular weight excluding hydrogens is 405 g/mol. The van der Waals surface area contributed by atoms with Crippen molar-refractivity contribution in [1.82, 2.24) is 14.5 Å². The van der Waals surface area contributed by atoms with Crippen molar-refractivity contribution in [3.8, 4) is 0 Å². The van der Waals surface area contributed by atoms with Crippen molar-refractivity contribution in [1.29, 1.82) is 0 Å². The van der Waals surface area contributed by atoms with Crippen LogP contribution in [-0.2, 0) is 32.0 Å². The van der Waals surface area contributed by atoms with Gasteiger partial charge < -0.3 is 0 Å². The van der Waals surface area contributed by atoms with Crippen LogP contribution < -0.4 is 5.56 Å². The Morgan fingerprint density at radius 3 is 2.65 bits per heavy atom. The maximum Gasteiger partial charge on any atom is 0.416 e. The first kappa shape index (κ1) is 21.0. The highest BCUT2D eigenvalue weighted by molar-refractivity contribution is 6.05. The molecule has 0 fully saturated rings. The summed E-state index contributed by atoms with van der Waals surface area (Å²) >= 11 is 0. The smallest absolute Gasteiger partial charge is 0.299 e. The number of benzene rings is 1. The lowest BCUT2D eigenvalue weighted by Crippen LogP contribution is -2.24. The first-order chi connectivity index (χ1) is 14.8. The van der Waals surface area contributed by atoms with Gasteiger partial charge in [0.1, 0.15) is 0 Å². The average molecular weight is 426 g/mol.